The van der Waals surface area contributed by atoms with Gasteiger partial charge in [0.05, 0.1) is 18.6 Å². The molecule has 0 aliphatic carbocycles. The monoisotopic (exact) mass is 454 g/mol. The smallest absolute Gasteiger partial charge is 0.311 e. The number of benzene rings is 2. The molecule has 0 spiro atoms. The van der Waals surface area contributed by atoms with Crippen LogP contribution in [-0.2, 0) is 16.0 Å². The molecule has 2 atom stereocenters. The van der Waals surface area contributed by atoms with Gasteiger partial charge in [-0.25, -0.2) is 4.98 Å². The molecule has 0 saturated heterocycles. The third-order valence-corrected chi connectivity index (χ3v) is 5.29. The second-order valence-corrected chi connectivity index (χ2v) is 7.76. The number of amidine groups is 1. The Morgan fingerprint density at radius 1 is 1.06 bits per heavy atom. The number of nitrogens with two attached hydrogens (primary N) is 1. The molecular weight excluding hydrogens is 428 g/mol. The maximum atomic E-state index is 12.8. The topological polar surface area (TPSA) is 118 Å². The van der Waals surface area contributed by atoms with Crippen molar-refractivity contribution in [1.29, 1.82) is 5.41 Å². The number of hydrogen-bond donors (Lipinski definition) is 3. The van der Waals surface area contributed by atoms with Crippen LogP contribution in [0.1, 0.15) is 39.7 Å². The number of nitrogens with zero attached hydrogens (tertiary/aromatic N) is 1. The second kappa shape index (κ2) is 11.4. The molecular formula is C27H26N4O3. The Bertz CT molecular complexity index is 1230. The second-order valence-electron chi connectivity index (χ2n) is 7.76. The molecule has 0 aliphatic heterocycles. The van der Waals surface area contributed by atoms with Crippen LogP contribution in [0.4, 0.5) is 0 Å². The van der Waals surface area contributed by atoms with Crippen LogP contribution >= 0.6 is 0 Å². The zero-order chi connectivity index (χ0) is 24.5. The zero-order valence-corrected chi connectivity index (χ0v) is 19.0. The van der Waals surface area contributed by atoms with Crippen molar-refractivity contribution in [3.05, 3.63) is 101 Å². The largest absolute Gasteiger partial charge is 0.469 e. The van der Waals surface area contributed by atoms with E-state index < -0.39 is 17.9 Å². The van der Waals surface area contributed by atoms with Gasteiger partial charge in [0.2, 0.25) is 0 Å². The van der Waals surface area contributed by atoms with Crippen molar-refractivity contribution < 1.29 is 14.3 Å². The molecule has 0 bridgehead atoms. The van der Waals surface area contributed by atoms with Crippen LogP contribution < -0.4 is 11.1 Å². The Morgan fingerprint density at radius 3 is 2.47 bits per heavy atom. The third-order valence-electron chi connectivity index (χ3n) is 5.29. The minimum Gasteiger partial charge on any atom is -0.469 e. The summed E-state index contributed by atoms with van der Waals surface area (Å²) in [5.74, 6) is 4.52. The van der Waals surface area contributed by atoms with E-state index in [-0.39, 0.29) is 11.7 Å². The number of carbonyl (C=O) groups excluding carboxylic acids is 2. The van der Waals surface area contributed by atoms with Gasteiger partial charge in [0, 0.05) is 23.4 Å². The van der Waals surface area contributed by atoms with E-state index in [1.165, 1.54) is 13.3 Å². The fourth-order valence-electron chi connectivity index (χ4n) is 3.39. The normalized spacial score (nSPS) is 11.9. The lowest BCUT2D eigenvalue weighted by Crippen LogP contribution is -2.42. The highest BCUT2D eigenvalue weighted by Crippen LogP contribution is 2.17. The van der Waals surface area contributed by atoms with E-state index in [2.05, 4.69) is 22.1 Å². The third kappa shape index (κ3) is 6.53. The van der Waals surface area contributed by atoms with Crippen LogP contribution in [-0.4, -0.2) is 35.8 Å². The van der Waals surface area contributed by atoms with E-state index in [4.69, 9.17) is 15.9 Å². The van der Waals surface area contributed by atoms with Gasteiger partial charge in [0.25, 0.3) is 5.91 Å². The number of ether oxygens (including phenoxy) is 1. The molecule has 3 aromatic rings. The fourth-order valence-corrected chi connectivity index (χ4v) is 3.39. The average molecular weight is 455 g/mol. The molecule has 34 heavy (non-hydrogen) atoms. The molecule has 1 amide bonds. The Kier molecular flexibility index (Phi) is 8.14. The summed E-state index contributed by atoms with van der Waals surface area (Å²) in [5.41, 5.74) is 8.74. The van der Waals surface area contributed by atoms with Gasteiger partial charge < -0.3 is 15.8 Å². The highest BCUT2D eigenvalue weighted by atomic mass is 16.5. The van der Waals surface area contributed by atoms with Crippen molar-refractivity contribution in [1.82, 2.24) is 10.3 Å². The average Bonchev–Trinajstić information content (AvgIpc) is 2.86. The molecule has 4 N–H and O–H groups in total. The molecule has 0 aliphatic rings. The lowest BCUT2D eigenvalue weighted by molar-refractivity contribution is -0.146. The van der Waals surface area contributed by atoms with Gasteiger partial charge in [-0.2, -0.15) is 0 Å². The number of nitrogens with one attached hydrogen (secondary N) is 2. The summed E-state index contributed by atoms with van der Waals surface area (Å²) < 4.78 is 4.97. The Labute approximate surface area is 198 Å². The number of hydrogen-bond acceptors (Lipinski definition) is 5. The SMILES string of the molecule is COC(=O)C(Cc1cccc(C(=N)N)c1)C(C)NC(=O)c1ccc(C#Cc2ccccc2)nc1. The molecule has 3 rings (SSSR count). The van der Waals surface area contributed by atoms with E-state index in [0.717, 1.165) is 11.1 Å². The quantitative estimate of drug-likeness (QED) is 0.220. The van der Waals surface area contributed by atoms with Crippen molar-refractivity contribution in [3.63, 3.8) is 0 Å². The van der Waals surface area contributed by atoms with E-state index in [1.807, 2.05) is 36.4 Å². The first-order chi connectivity index (χ1) is 16.4. The molecule has 2 aromatic carbocycles. The molecule has 1 aromatic heterocycles. The zero-order valence-electron chi connectivity index (χ0n) is 19.0. The summed E-state index contributed by atoms with van der Waals surface area (Å²) in [6, 6.07) is 19.5. The van der Waals surface area contributed by atoms with Crippen molar-refractivity contribution in [3.8, 4) is 11.8 Å². The summed E-state index contributed by atoms with van der Waals surface area (Å²) in [6.45, 7) is 1.75. The van der Waals surface area contributed by atoms with E-state index in [9.17, 15) is 9.59 Å². The Hall–Kier alpha value is -4.44. The molecule has 0 fully saturated rings. The first kappa shape index (κ1) is 24.2. The molecule has 0 radical (unpaired) electrons. The van der Waals surface area contributed by atoms with Gasteiger partial charge in [-0.05, 0) is 55.2 Å². The van der Waals surface area contributed by atoms with Gasteiger partial charge in [-0.15, -0.1) is 0 Å². The number of carbonyl (C=O) groups is 2. The first-order valence-corrected chi connectivity index (χ1v) is 10.7. The maximum Gasteiger partial charge on any atom is 0.311 e. The van der Waals surface area contributed by atoms with E-state index in [1.54, 1.807) is 37.3 Å². The van der Waals surface area contributed by atoms with E-state index in [0.29, 0.717) is 23.2 Å². The Balaban J connectivity index is 1.69. The fraction of sp³-hybridized carbons (Fsp3) is 0.185. The number of aromatic nitrogens is 1. The van der Waals surface area contributed by atoms with Crippen LogP contribution in [0.5, 0.6) is 0 Å². The highest BCUT2D eigenvalue weighted by molar-refractivity contribution is 5.95. The molecule has 1 heterocycles. The number of nitrogen functional groups attached to an aromatic ring is 1. The molecule has 0 saturated carbocycles. The van der Waals surface area contributed by atoms with Crippen LogP contribution in [0.2, 0.25) is 0 Å². The number of amides is 1. The summed E-state index contributed by atoms with van der Waals surface area (Å²) >= 11 is 0. The Morgan fingerprint density at radius 2 is 1.82 bits per heavy atom. The van der Waals surface area contributed by atoms with Gasteiger partial charge in [0.1, 0.15) is 11.5 Å². The van der Waals surface area contributed by atoms with Crippen LogP contribution in [0.15, 0.2) is 72.9 Å². The van der Waals surface area contributed by atoms with Crippen molar-refractivity contribution in [2.75, 3.05) is 7.11 Å². The van der Waals surface area contributed by atoms with Crippen molar-refractivity contribution in [2.45, 2.75) is 19.4 Å². The molecule has 172 valence electrons. The molecule has 2 unspecified atom stereocenters. The molecule has 7 heteroatoms. The lowest BCUT2D eigenvalue weighted by Gasteiger charge is -2.23. The molecule has 7 nitrogen and oxygen atoms in total. The standard InChI is InChI=1S/C27H26N4O3/c1-18(24(27(33)34-2)16-20-9-6-10-21(15-20)25(28)29)31-26(32)22-12-14-23(30-17-22)13-11-19-7-4-3-5-8-19/h3-10,12,14-15,17-18,24H,16H2,1-2H3,(H3,28,29)(H,31,32). The van der Waals surface area contributed by atoms with Gasteiger partial charge in [-0.3, -0.25) is 15.0 Å². The minimum atomic E-state index is -0.625. The summed E-state index contributed by atoms with van der Waals surface area (Å²) in [6.07, 6.45) is 1.78. The van der Waals surface area contributed by atoms with Gasteiger partial charge >= 0.3 is 5.97 Å². The summed E-state index contributed by atoms with van der Waals surface area (Å²) in [5, 5.41) is 10.5. The number of esters is 1. The predicted octanol–water partition coefficient (Wildman–Crippen LogP) is 2.92. The summed E-state index contributed by atoms with van der Waals surface area (Å²) in [7, 11) is 1.31. The first-order valence-electron chi connectivity index (χ1n) is 10.7. The number of methoxy groups -OCH3 is 1. The van der Waals surface area contributed by atoms with E-state index >= 15 is 0 Å². The number of pyridine rings is 1. The van der Waals surface area contributed by atoms with Crippen LogP contribution in [0, 0.1) is 23.2 Å². The van der Waals surface area contributed by atoms with Gasteiger partial charge in [-0.1, -0.05) is 42.3 Å². The minimum absolute atomic E-state index is 0.0535. The van der Waals surface area contributed by atoms with Crippen molar-refractivity contribution >= 4 is 17.7 Å². The maximum absolute atomic E-state index is 12.8. The highest BCUT2D eigenvalue weighted by Gasteiger charge is 2.28. The van der Waals surface area contributed by atoms with Crippen LogP contribution in [0.25, 0.3) is 0 Å². The lowest BCUT2D eigenvalue weighted by atomic mass is 9.92. The summed E-state index contributed by atoms with van der Waals surface area (Å²) in [4.78, 5) is 29.5. The number of rotatable bonds is 7. The van der Waals surface area contributed by atoms with Crippen LogP contribution in [0.3, 0.4) is 0 Å². The van der Waals surface area contributed by atoms with Crippen molar-refractivity contribution in [2.24, 2.45) is 11.7 Å². The van der Waals surface area contributed by atoms with Gasteiger partial charge in [0.15, 0.2) is 0 Å². The predicted molar refractivity (Wildman–Crippen MR) is 130 cm³/mol.